The van der Waals surface area contributed by atoms with Crippen LogP contribution < -0.4 is 10.5 Å². The third-order valence-corrected chi connectivity index (χ3v) is 2.01. The summed E-state index contributed by atoms with van der Waals surface area (Å²) in [7, 11) is 1.54. The molecule has 84 valence electrons. The van der Waals surface area contributed by atoms with Gasteiger partial charge in [-0.2, -0.15) is 0 Å². The Bertz CT molecular complexity index is 330. The van der Waals surface area contributed by atoms with Crippen LogP contribution in [0.25, 0.3) is 0 Å². The molecular weight excluding hydrogens is 217 g/mol. The van der Waals surface area contributed by atoms with Crippen LogP contribution in [-0.4, -0.2) is 7.11 Å². The molecule has 0 amide bonds. The summed E-state index contributed by atoms with van der Waals surface area (Å²) in [6, 6.07) is 4.06. The molecule has 0 saturated carbocycles. The van der Waals surface area contributed by atoms with Gasteiger partial charge in [0.1, 0.15) is 11.6 Å². The van der Waals surface area contributed by atoms with Crippen LogP contribution in [0.4, 0.5) is 4.39 Å². The van der Waals surface area contributed by atoms with Crippen LogP contribution in [0.3, 0.4) is 0 Å². The van der Waals surface area contributed by atoms with E-state index in [1.165, 1.54) is 19.2 Å². The van der Waals surface area contributed by atoms with Gasteiger partial charge in [-0.05, 0) is 24.6 Å². The Morgan fingerprint density at radius 2 is 2.27 bits per heavy atom. The lowest BCUT2D eigenvalue weighted by Crippen LogP contribution is -2.10. The van der Waals surface area contributed by atoms with Crippen molar-refractivity contribution in [2.75, 3.05) is 7.11 Å². The Hall–Kier alpha value is -1.06. The van der Waals surface area contributed by atoms with Gasteiger partial charge in [-0.25, -0.2) is 4.39 Å². The predicted octanol–water partition coefficient (Wildman–Crippen LogP) is 2.83. The van der Waals surface area contributed by atoms with Crippen molar-refractivity contribution in [1.29, 1.82) is 0 Å². The normalized spacial score (nSPS) is 11.4. The number of hydrogen-bond donors (Lipinski definition) is 1. The van der Waals surface area contributed by atoms with Gasteiger partial charge in [-0.3, -0.25) is 0 Å². The first-order valence-electron chi connectivity index (χ1n) is 4.39. The standard InChI is InChI=1S/C11H14FNO.ClH/c1-3-4-10(13)9-7-8(12)5-6-11(9)14-2;/h3,5-7,10H,1,4,13H2,2H3;1H/t10-;/m1./s1. The first-order valence-corrected chi connectivity index (χ1v) is 4.39. The molecule has 4 heteroatoms. The van der Waals surface area contributed by atoms with Gasteiger partial charge in [-0.1, -0.05) is 6.08 Å². The van der Waals surface area contributed by atoms with E-state index >= 15 is 0 Å². The number of methoxy groups -OCH3 is 1. The van der Waals surface area contributed by atoms with Crippen molar-refractivity contribution in [3.05, 3.63) is 42.2 Å². The number of benzene rings is 1. The minimum Gasteiger partial charge on any atom is -0.496 e. The third-order valence-electron chi connectivity index (χ3n) is 2.01. The lowest BCUT2D eigenvalue weighted by molar-refractivity contribution is 0.404. The SMILES string of the molecule is C=CC[C@@H](N)c1cc(F)ccc1OC.Cl. The molecule has 0 heterocycles. The minimum absolute atomic E-state index is 0. The maximum Gasteiger partial charge on any atom is 0.123 e. The molecule has 0 radical (unpaired) electrons. The van der Waals surface area contributed by atoms with Crippen LogP contribution in [0.15, 0.2) is 30.9 Å². The van der Waals surface area contributed by atoms with Crippen LogP contribution in [0.1, 0.15) is 18.0 Å². The maximum absolute atomic E-state index is 12.9. The monoisotopic (exact) mass is 231 g/mol. The molecule has 2 N–H and O–H groups in total. The first-order chi connectivity index (χ1) is 6.69. The van der Waals surface area contributed by atoms with Gasteiger partial charge in [0.15, 0.2) is 0 Å². The molecule has 15 heavy (non-hydrogen) atoms. The average molecular weight is 232 g/mol. The van der Waals surface area contributed by atoms with Crippen LogP contribution in [-0.2, 0) is 0 Å². The van der Waals surface area contributed by atoms with E-state index < -0.39 is 0 Å². The molecule has 1 atom stereocenters. The number of hydrogen-bond acceptors (Lipinski definition) is 2. The molecule has 0 aliphatic rings. The average Bonchev–Trinajstić information content (AvgIpc) is 2.18. The summed E-state index contributed by atoms with van der Waals surface area (Å²) < 4.78 is 18.0. The molecule has 1 aromatic carbocycles. The second kappa shape index (κ2) is 6.43. The van der Waals surface area contributed by atoms with E-state index in [4.69, 9.17) is 10.5 Å². The zero-order chi connectivity index (χ0) is 10.6. The fourth-order valence-electron chi connectivity index (χ4n) is 1.30. The summed E-state index contributed by atoms with van der Waals surface area (Å²) in [4.78, 5) is 0. The van der Waals surface area contributed by atoms with Gasteiger partial charge in [-0.15, -0.1) is 19.0 Å². The Morgan fingerprint density at radius 1 is 1.60 bits per heavy atom. The molecule has 1 rings (SSSR count). The quantitative estimate of drug-likeness (QED) is 0.809. The van der Waals surface area contributed by atoms with Crippen LogP contribution in [0.2, 0.25) is 0 Å². The molecule has 0 unspecified atom stereocenters. The van der Waals surface area contributed by atoms with Crippen molar-refractivity contribution in [2.45, 2.75) is 12.5 Å². The van der Waals surface area contributed by atoms with Crippen molar-refractivity contribution in [1.82, 2.24) is 0 Å². The van der Waals surface area contributed by atoms with E-state index in [-0.39, 0.29) is 24.3 Å². The molecule has 0 aromatic heterocycles. The van der Waals surface area contributed by atoms with Crippen molar-refractivity contribution < 1.29 is 9.13 Å². The summed E-state index contributed by atoms with van der Waals surface area (Å²) in [5, 5.41) is 0. The lowest BCUT2D eigenvalue weighted by atomic mass is 10.0. The number of halogens is 2. The third kappa shape index (κ3) is 3.53. The fourth-order valence-corrected chi connectivity index (χ4v) is 1.30. The highest BCUT2D eigenvalue weighted by atomic mass is 35.5. The second-order valence-corrected chi connectivity index (χ2v) is 3.02. The summed E-state index contributed by atoms with van der Waals surface area (Å²) >= 11 is 0. The van der Waals surface area contributed by atoms with E-state index in [9.17, 15) is 4.39 Å². The molecule has 0 aliphatic carbocycles. The van der Waals surface area contributed by atoms with Gasteiger partial charge < -0.3 is 10.5 Å². The Kier molecular flexibility index (Phi) is 5.97. The minimum atomic E-state index is -0.305. The highest BCUT2D eigenvalue weighted by Gasteiger charge is 2.11. The summed E-state index contributed by atoms with van der Waals surface area (Å²) in [5.74, 6) is 0.307. The summed E-state index contributed by atoms with van der Waals surface area (Å²) in [6.45, 7) is 3.59. The highest BCUT2D eigenvalue weighted by molar-refractivity contribution is 5.85. The van der Waals surface area contributed by atoms with E-state index in [0.717, 1.165) is 0 Å². The van der Waals surface area contributed by atoms with Crippen molar-refractivity contribution in [3.63, 3.8) is 0 Å². The predicted molar refractivity (Wildman–Crippen MR) is 61.9 cm³/mol. The topological polar surface area (TPSA) is 35.2 Å². The number of ether oxygens (including phenoxy) is 1. The molecule has 0 spiro atoms. The smallest absolute Gasteiger partial charge is 0.123 e. The summed E-state index contributed by atoms with van der Waals surface area (Å²) in [6.07, 6.45) is 2.30. The number of nitrogens with two attached hydrogens (primary N) is 1. The zero-order valence-electron chi connectivity index (χ0n) is 8.57. The molecule has 0 aliphatic heterocycles. The van der Waals surface area contributed by atoms with Crippen LogP contribution >= 0.6 is 12.4 Å². The zero-order valence-corrected chi connectivity index (χ0v) is 9.39. The molecule has 2 nitrogen and oxygen atoms in total. The summed E-state index contributed by atoms with van der Waals surface area (Å²) in [5.41, 5.74) is 6.51. The Balaban J connectivity index is 0.00000196. The highest BCUT2D eigenvalue weighted by Crippen LogP contribution is 2.26. The van der Waals surface area contributed by atoms with E-state index in [1.807, 2.05) is 0 Å². The van der Waals surface area contributed by atoms with Gasteiger partial charge in [0.05, 0.1) is 7.11 Å². The lowest BCUT2D eigenvalue weighted by Gasteiger charge is -2.13. The molecule has 0 bridgehead atoms. The molecule has 1 aromatic rings. The maximum atomic E-state index is 12.9. The van der Waals surface area contributed by atoms with Crippen LogP contribution in [0.5, 0.6) is 5.75 Å². The van der Waals surface area contributed by atoms with E-state index in [1.54, 1.807) is 12.1 Å². The van der Waals surface area contributed by atoms with Crippen molar-refractivity contribution in [2.24, 2.45) is 5.73 Å². The van der Waals surface area contributed by atoms with Gasteiger partial charge in [0.25, 0.3) is 0 Å². The molecule has 0 fully saturated rings. The van der Waals surface area contributed by atoms with Gasteiger partial charge in [0.2, 0.25) is 0 Å². The van der Waals surface area contributed by atoms with Crippen LogP contribution in [0, 0.1) is 5.82 Å². The Morgan fingerprint density at radius 3 is 2.80 bits per heavy atom. The van der Waals surface area contributed by atoms with E-state index in [0.29, 0.717) is 17.7 Å². The van der Waals surface area contributed by atoms with Crippen molar-refractivity contribution >= 4 is 12.4 Å². The molecule has 0 saturated heterocycles. The van der Waals surface area contributed by atoms with Crippen molar-refractivity contribution in [3.8, 4) is 5.75 Å². The van der Waals surface area contributed by atoms with E-state index in [2.05, 4.69) is 6.58 Å². The first kappa shape index (κ1) is 13.9. The van der Waals surface area contributed by atoms with Gasteiger partial charge in [0, 0.05) is 11.6 Å². The molecular formula is C11H15ClFNO. The second-order valence-electron chi connectivity index (χ2n) is 3.02. The van der Waals surface area contributed by atoms with Gasteiger partial charge >= 0.3 is 0 Å². The number of rotatable bonds is 4. The fraction of sp³-hybridized carbons (Fsp3) is 0.273. The largest absolute Gasteiger partial charge is 0.496 e. The Labute approximate surface area is 95.3 Å².